The molecule has 0 radical (unpaired) electrons. The fraction of sp³-hybridized carbons (Fsp3) is 0.300. The second kappa shape index (κ2) is 7.77. The zero-order valence-corrected chi connectivity index (χ0v) is 15.2. The van der Waals surface area contributed by atoms with Gasteiger partial charge in [-0.05, 0) is 43.0 Å². The lowest BCUT2D eigenvalue weighted by Crippen LogP contribution is -2.18. The molecular formula is C20H20N4O4. The molecule has 0 bridgehead atoms. The summed E-state index contributed by atoms with van der Waals surface area (Å²) in [6, 6.07) is 8.61. The van der Waals surface area contributed by atoms with Crippen LogP contribution in [0, 0.1) is 0 Å². The molecule has 1 amide bonds. The van der Waals surface area contributed by atoms with Gasteiger partial charge in [0, 0.05) is 30.1 Å². The Hall–Kier alpha value is -3.26. The van der Waals surface area contributed by atoms with Gasteiger partial charge >= 0.3 is 5.97 Å². The summed E-state index contributed by atoms with van der Waals surface area (Å²) in [6.45, 7) is 0.755. The molecule has 3 heterocycles. The maximum absolute atomic E-state index is 12.3. The summed E-state index contributed by atoms with van der Waals surface area (Å²) in [7, 11) is 0. The first-order valence-corrected chi connectivity index (χ1v) is 9.17. The van der Waals surface area contributed by atoms with E-state index in [0.717, 1.165) is 42.3 Å². The highest BCUT2D eigenvalue weighted by molar-refractivity contribution is 5.94. The number of carbonyl (C=O) groups is 2. The highest BCUT2D eigenvalue weighted by atomic mass is 16.5. The molecule has 144 valence electrons. The summed E-state index contributed by atoms with van der Waals surface area (Å²) in [6.07, 6.45) is 6.63. The number of aromatic carboxylic acids is 1. The number of amides is 1. The van der Waals surface area contributed by atoms with E-state index in [9.17, 15) is 9.59 Å². The topological polar surface area (TPSA) is 106 Å². The Morgan fingerprint density at radius 1 is 1.25 bits per heavy atom. The van der Waals surface area contributed by atoms with Gasteiger partial charge in [0.1, 0.15) is 11.9 Å². The molecule has 8 heteroatoms. The number of hydrogen-bond donors (Lipinski definition) is 2. The van der Waals surface area contributed by atoms with Gasteiger partial charge < -0.3 is 15.2 Å². The number of aromatic nitrogens is 3. The van der Waals surface area contributed by atoms with Gasteiger partial charge in [-0.2, -0.15) is 5.10 Å². The summed E-state index contributed by atoms with van der Waals surface area (Å²) in [5.74, 6) is -1.38. The fourth-order valence-corrected chi connectivity index (χ4v) is 3.29. The molecule has 1 aliphatic rings. The minimum atomic E-state index is -1.14. The van der Waals surface area contributed by atoms with E-state index in [2.05, 4.69) is 15.4 Å². The minimum absolute atomic E-state index is 0.0250. The van der Waals surface area contributed by atoms with E-state index in [-0.39, 0.29) is 24.2 Å². The Morgan fingerprint density at radius 3 is 2.93 bits per heavy atom. The zero-order valence-electron chi connectivity index (χ0n) is 15.2. The summed E-state index contributed by atoms with van der Waals surface area (Å²) >= 11 is 0. The van der Waals surface area contributed by atoms with Gasteiger partial charge in [-0.15, -0.1) is 0 Å². The molecule has 1 atom stereocenters. The average Bonchev–Trinajstić information content (AvgIpc) is 3.12. The first-order chi connectivity index (χ1) is 13.6. The number of nitrogens with zero attached hydrogens (tertiary/aromatic N) is 3. The monoisotopic (exact) mass is 380 g/mol. The zero-order chi connectivity index (χ0) is 19.5. The molecule has 8 nitrogen and oxygen atoms in total. The molecule has 2 aromatic heterocycles. The number of carboxylic acids is 1. The number of ether oxygens (including phenoxy) is 1. The molecule has 0 saturated carbocycles. The number of rotatable bonds is 5. The lowest BCUT2D eigenvalue weighted by molar-refractivity contribution is -0.115. The summed E-state index contributed by atoms with van der Waals surface area (Å²) < 4.78 is 7.63. The van der Waals surface area contributed by atoms with Gasteiger partial charge in [0.05, 0.1) is 11.9 Å². The van der Waals surface area contributed by atoms with Gasteiger partial charge in [0.25, 0.3) is 0 Å². The molecule has 4 rings (SSSR count). The number of pyridine rings is 1. The van der Waals surface area contributed by atoms with Crippen LogP contribution in [0.2, 0.25) is 0 Å². The predicted molar refractivity (Wildman–Crippen MR) is 102 cm³/mol. The van der Waals surface area contributed by atoms with Gasteiger partial charge in [-0.25, -0.2) is 14.5 Å². The van der Waals surface area contributed by atoms with Crippen LogP contribution in [-0.2, 0) is 16.0 Å². The fourth-order valence-electron chi connectivity index (χ4n) is 3.29. The molecule has 0 spiro atoms. The third-order valence-electron chi connectivity index (χ3n) is 4.67. The van der Waals surface area contributed by atoms with Crippen LogP contribution in [0.5, 0.6) is 0 Å². The quantitative estimate of drug-likeness (QED) is 0.705. The first kappa shape index (κ1) is 18.1. The van der Waals surface area contributed by atoms with Gasteiger partial charge in [-0.1, -0.05) is 12.1 Å². The molecule has 0 aliphatic carbocycles. The number of benzene rings is 1. The van der Waals surface area contributed by atoms with E-state index in [1.54, 1.807) is 6.07 Å². The van der Waals surface area contributed by atoms with Crippen LogP contribution in [0.25, 0.3) is 10.9 Å². The number of nitrogens with one attached hydrogen (secondary N) is 1. The van der Waals surface area contributed by atoms with Crippen LogP contribution >= 0.6 is 0 Å². The molecular weight excluding hydrogens is 360 g/mol. The summed E-state index contributed by atoms with van der Waals surface area (Å²) in [5.41, 5.74) is 1.93. The minimum Gasteiger partial charge on any atom is -0.477 e. The number of carbonyl (C=O) groups excluding carboxylic acids is 1. The van der Waals surface area contributed by atoms with Crippen molar-refractivity contribution in [3.8, 4) is 0 Å². The molecule has 1 fully saturated rings. The highest BCUT2D eigenvalue weighted by Gasteiger charge is 2.17. The Bertz CT molecular complexity index is 1020. The average molecular weight is 380 g/mol. The Morgan fingerprint density at radius 2 is 2.14 bits per heavy atom. The van der Waals surface area contributed by atoms with Crippen LogP contribution in [0.3, 0.4) is 0 Å². The normalized spacial score (nSPS) is 16.8. The third-order valence-corrected chi connectivity index (χ3v) is 4.67. The molecule has 1 unspecified atom stereocenters. The lowest BCUT2D eigenvalue weighted by atomic mass is 10.1. The second-order valence-electron chi connectivity index (χ2n) is 6.78. The van der Waals surface area contributed by atoms with Crippen molar-refractivity contribution in [1.29, 1.82) is 0 Å². The predicted octanol–water partition coefficient (Wildman–Crippen LogP) is 3.01. The number of fused-ring (bicyclic) bond motifs is 1. The van der Waals surface area contributed by atoms with Crippen molar-refractivity contribution >= 4 is 28.5 Å². The van der Waals surface area contributed by atoms with Crippen molar-refractivity contribution in [2.45, 2.75) is 31.9 Å². The van der Waals surface area contributed by atoms with Crippen molar-refractivity contribution in [3.63, 3.8) is 0 Å². The van der Waals surface area contributed by atoms with Crippen LogP contribution in [0.1, 0.15) is 41.5 Å². The molecule has 1 aromatic carbocycles. The smallest absolute Gasteiger partial charge is 0.354 e. The standard InChI is InChI=1S/C20H20N4O4/c25-18(22-15-6-7-21-17(11-15)20(26)27)10-13-4-5-14-12-24(23-16(14)9-13)19-3-1-2-8-28-19/h4-7,9,11-12,19H,1-3,8,10H2,(H,26,27)(H,21,22,25). The molecule has 3 aromatic rings. The van der Waals surface area contributed by atoms with E-state index in [1.807, 2.05) is 29.1 Å². The second-order valence-corrected chi connectivity index (χ2v) is 6.78. The molecule has 2 N–H and O–H groups in total. The number of carboxylic acid groups (broad SMARTS) is 1. The molecule has 1 aliphatic heterocycles. The number of hydrogen-bond acceptors (Lipinski definition) is 5. The Kier molecular flexibility index (Phi) is 5.03. The van der Waals surface area contributed by atoms with Gasteiger partial charge in [-0.3, -0.25) is 4.79 Å². The summed E-state index contributed by atoms with van der Waals surface area (Å²) in [5, 5.41) is 17.3. The highest BCUT2D eigenvalue weighted by Crippen LogP contribution is 2.24. The van der Waals surface area contributed by atoms with Crippen LogP contribution in [0.4, 0.5) is 5.69 Å². The first-order valence-electron chi connectivity index (χ1n) is 9.17. The van der Waals surface area contributed by atoms with E-state index in [4.69, 9.17) is 9.84 Å². The van der Waals surface area contributed by atoms with Crippen molar-refractivity contribution in [2.75, 3.05) is 11.9 Å². The van der Waals surface area contributed by atoms with Crippen LogP contribution in [-0.4, -0.2) is 38.4 Å². The maximum Gasteiger partial charge on any atom is 0.354 e. The Labute approximate surface area is 161 Å². The Balaban J connectivity index is 1.46. The van der Waals surface area contributed by atoms with Crippen LogP contribution in [0.15, 0.2) is 42.7 Å². The van der Waals surface area contributed by atoms with Crippen LogP contribution < -0.4 is 5.32 Å². The van der Waals surface area contributed by atoms with Gasteiger partial charge in [0.2, 0.25) is 5.91 Å². The van der Waals surface area contributed by atoms with Crippen molar-refractivity contribution < 1.29 is 19.4 Å². The van der Waals surface area contributed by atoms with E-state index in [0.29, 0.717) is 5.69 Å². The largest absolute Gasteiger partial charge is 0.477 e. The lowest BCUT2D eigenvalue weighted by Gasteiger charge is -2.22. The van der Waals surface area contributed by atoms with E-state index in [1.165, 1.54) is 12.3 Å². The molecule has 28 heavy (non-hydrogen) atoms. The van der Waals surface area contributed by atoms with Crippen molar-refractivity contribution in [3.05, 3.63) is 54.0 Å². The number of anilines is 1. The summed E-state index contributed by atoms with van der Waals surface area (Å²) in [4.78, 5) is 27.0. The van der Waals surface area contributed by atoms with E-state index >= 15 is 0 Å². The van der Waals surface area contributed by atoms with Crippen molar-refractivity contribution in [2.24, 2.45) is 0 Å². The third kappa shape index (κ3) is 4.01. The maximum atomic E-state index is 12.3. The van der Waals surface area contributed by atoms with E-state index < -0.39 is 5.97 Å². The van der Waals surface area contributed by atoms with Crippen molar-refractivity contribution in [1.82, 2.24) is 14.8 Å². The SMILES string of the molecule is O=C(Cc1ccc2cn(C3CCCCO3)nc2c1)Nc1ccnc(C(=O)O)c1. The molecule has 1 saturated heterocycles. The van der Waals surface area contributed by atoms with Gasteiger partial charge in [0.15, 0.2) is 0 Å².